The highest BCUT2D eigenvalue weighted by Crippen LogP contribution is 2.48. The number of halogens is 3. The van der Waals surface area contributed by atoms with Crippen molar-refractivity contribution in [2.45, 2.75) is 18.5 Å². The Morgan fingerprint density at radius 3 is 1.11 bits per heavy atom. The molecule has 2 aromatic rings. The Labute approximate surface area is 163 Å². The Balaban J connectivity index is 2.96. The van der Waals surface area contributed by atoms with E-state index in [1.807, 2.05) is 0 Å². The maximum Gasteiger partial charge on any atom is 0.402 e. The molecular weight excluding hydrogens is 361 g/mol. The first kappa shape index (κ1) is 21.1. The zero-order chi connectivity index (χ0) is 21.3. The summed E-state index contributed by atoms with van der Waals surface area (Å²) in [5.41, 5.74) is 12.0. The summed E-state index contributed by atoms with van der Waals surface area (Å²) in [7, 11) is 0. The summed E-state index contributed by atoms with van der Waals surface area (Å²) in [6, 6.07) is 5.61. The first-order valence-corrected chi connectivity index (χ1v) is 8.49. The molecule has 0 amide bonds. The Morgan fingerprint density at radius 2 is 0.929 bits per heavy atom. The minimum Gasteiger partial charge on any atom is -0.398 e. The number of anilines is 2. The Bertz CT molecular complexity index is 841. The maximum absolute atomic E-state index is 14.5. The fourth-order valence-corrected chi connectivity index (χ4v) is 3.14. The molecule has 4 N–H and O–H groups in total. The highest BCUT2D eigenvalue weighted by molar-refractivity contribution is 5.78. The average molecular weight is 384 g/mol. The van der Waals surface area contributed by atoms with Crippen LogP contribution in [0.15, 0.2) is 50.6 Å². The van der Waals surface area contributed by atoms with Crippen molar-refractivity contribution in [2.75, 3.05) is 11.5 Å². The molecule has 0 unspecified atom stereocenters. The first-order chi connectivity index (χ1) is 13.0. The Hall–Kier alpha value is -3.21. The molecular formula is C23H23F3N2. The minimum absolute atomic E-state index is 0.0220. The lowest BCUT2D eigenvalue weighted by atomic mass is 9.73. The third-order valence-corrected chi connectivity index (χ3v) is 5.09. The van der Waals surface area contributed by atoms with Gasteiger partial charge in [-0.15, -0.1) is 0 Å². The van der Waals surface area contributed by atoms with Gasteiger partial charge in [0.1, 0.15) is 5.41 Å². The summed E-state index contributed by atoms with van der Waals surface area (Å²) in [4.78, 5) is 0. The largest absolute Gasteiger partial charge is 0.402 e. The van der Waals surface area contributed by atoms with Gasteiger partial charge in [0, 0.05) is 11.4 Å². The molecule has 28 heavy (non-hydrogen) atoms. The third-order valence-electron chi connectivity index (χ3n) is 5.09. The van der Waals surface area contributed by atoms with Crippen LogP contribution in [0.25, 0.3) is 24.3 Å². The molecule has 0 saturated carbocycles. The van der Waals surface area contributed by atoms with Crippen LogP contribution in [0.2, 0.25) is 0 Å². The Morgan fingerprint density at radius 1 is 0.679 bits per heavy atom. The van der Waals surface area contributed by atoms with Gasteiger partial charge in [0.15, 0.2) is 0 Å². The van der Waals surface area contributed by atoms with Crippen LogP contribution in [0.3, 0.4) is 0 Å². The van der Waals surface area contributed by atoms with Crippen molar-refractivity contribution in [1.29, 1.82) is 0 Å². The van der Waals surface area contributed by atoms with Crippen molar-refractivity contribution >= 4 is 35.7 Å². The van der Waals surface area contributed by atoms with E-state index in [2.05, 4.69) is 26.3 Å². The van der Waals surface area contributed by atoms with E-state index in [0.29, 0.717) is 33.6 Å². The standard InChI is InChI=1S/C23H23F3N2/c1-6-14-10-18(11-15(7-2)20(14)27)22(5,23(24,25)26)19-12-16(8-3)21(28)17(9-4)13-19/h6-13H,1-4,27-28H2,5H3. The molecule has 0 aliphatic carbocycles. The molecule has 0 aromatic heterocycles. The molecule has 0 heterocycles. The van der Waals surface area contributed by atoms with Gasteiger partial charge in [0.05, 0.1) is 0 Å². The van der Waals surface area contributed by atoms with Gasteiger partial charge >= 0.3 is 6.18 Å². The van der Waals surface area contributed by atoms with E-state index >= 15 is 0 Å². The molecule has 2 rings (SSSR count). The third kappa shape index (κ3) is 3.24. The summed E-state index contributed by atoms with van der Waals surface area (Å²) >= 11 is 0. The zero-order valence-electron chi connectivity index (χ0n) is 15.7. The highest BCUT2D eigenvalue weighted by atomic mass is 19.4. The van der Waals surface area contributed by atoms with Crippen molar-refractivity contribution in [3.8, 4) is 0 Å². The van der Waals surface area contributed by atoms with Crippen LogP contribution in [-0.2, 0) is 5.41 Å². The fraction of sp³-hybridized carbons (Fsp3) is 0.130. The normalized spacial score (nSPS) is 11.7. The summed E-state index contributed by atoms with van der Waals surface area (Å²) in [5.74, 6) is 0. The number of rotatable bonds is 6. The van der Waals surface area contributed by atoms with E-state index in [9.17, 15) is 13.2 Å². The van der Waals surface area contributed by atoms with Gasteiger partial charge in [-0.25, -0.2) is 0 Å². The van der Waals surface area contributed by atoms with E-state index in [1.165, 1.54) is 48.6 Å². The Kier molecular flexibility index (Phi) is 5.59. The predicted octanol–water partition coefficient (Wildman–Crippen LogP) is 6.29. The average Bonchev–Trinajstić information content (AvgIpc) is 2.66. The SMILES string of the molecule is C=Cc1cc(C(C)(c2cc(C=C)c(N)c(C=C)c2)C(F)(F)F)cc(C=C)c1N. The van der Waals surface area contributed by atoms with Crippen LogP contribution >= 0.6 is 0 Å². The maximum atomic E-state index is 14.5. The van der Waals surface area contributed by atoms with E-state index in [0.717, 1.165) is 6.92 Å². The molecule has 0 aliphatic rings. The van der Waals surface area contributed by atoms with Crippen molar-refractivity contribution in [1.82, 2.24) is 0 Å². The molecule has 0 fully saturated rings. The molecule has 0 bridgehead atoms. The molecule has 0 aliphatic heterocycles. The molecule has 2 nitrogen and oxygen atoms in total. The van der Waals surface area contributed by atoms with Crippen LogP contribution in [0.1, 0.15) is 40.3 Å². The fourth-order valence-electron chi connectivity index (χ4n) is 3.14. The second kappa shape index (κ2) is 7.43. The number of hydrogen-bond donors (Lipinski definition) is 2. The summed E-state index contributed by atoms with van der Waals surface area (Å²) in [6.45, 7) is 15.7. The quantitative estimate of drug-likeness (QED) is 0.575. The monoisotopic (exact) mass is 384 g/mol. The summed E-state index contributed by atoms with van der Waals surface area (Å²) in [6.07, 6.45) is 1.10. The van der Waals surface area contributed by atoms with Gasteiger partial charge in [-0.05, 0) is 64.6 Å². The number of nitrogen functional groups attached to an aromatic ring is 2. The van der Waals surface area contributed by atoms with Gasteiger partial charge in [0.25, 0.3) is 0 Å². The number of benzene rings is 2. The smallest absolute Gasteiger partial charge is 0.398 e. The molecule has 2 aromatic carbocycles. The van der Waals surface area contributed by atoms with Crippen LogP contribution in [0.4, 0.5) is 24.5 Å². The molecule has 5 heteroatoms. The van der Waals surface area contributed by atoms with Gasteiger partial charge in [-0.3, -0.25) is 0 Å². The topological polar surface area (TPSA) is 52.0 Å². The van der Waals surface area contributed by atoms with Crippen LogP contribution in [0, 0.1) is 0 Å². The molecule has 146 valence electrons. The summed E-state index contributed by atoms with van der Waals surface area (Å²) in [5, 5.41) is 0. The minimum atomic E-state index is -4.60. The molecule has 0 atom stereocenters. The van der Waals surface area contributed by atoms with Gasteiger partial charge < -0.3 is 11.5 Å². The van der Waals surface area contributed by atoms with E-state index in [4.69, 9.17) is 11.5 Å². The number of hydrogen-bond acceptors (Lipinski definition) is 2. The molecule has 0 radical (unpaired) electrons. The van der Waals surface area contributed by atoms with Gasteiger partial charge in [-0.1, -0.05) is 50.6 Å². The van der Waals surface area contributed by atoms with Crippen LogP contribution in [-0.4, -0.2) is 6.18 Å². The van der Waals surface area contributed by atoms with Crippen molar-refractivity contribution in [3.05, 3.63) is 84.0 Å². The van der Waals surface area contributed by atoms with Crippen molar-refractivity contribution in [3.63, 3.8) is 0 Å². The van der Waals surface area contributed by atoms with E-state index in [1.54, 1.807) is 0 Å². The lowest BCUT2D eigenvalue weighted by Gasteiger charge is -2.35. The van der Waals surface area contributed by atoms with Crippen LogP contribution < -0.4 is 11.5 Å². The second-order valence-electron chi connectivity index (χ2n) is 6.58. The first-order valence-electron chi connectivity index (χ1n) is 8.49. The number of alkyl halides is 3. The van der Waals surface area contributed by atoms with Crippen molar-refractivity contribution < 1.29 is 13.2 Å². The zero-order valence-corrected chi connectivity index (χ0v) is 15.7. The highest BCUT2D eigenvalue weighted by Gasteiger charge is 2.54. The van der Waals surface area contributed by atoms with Gasteiger partial charge in [0.2, 0.25) is 0 Å². The lowest BCUT2D eigenvalue weighted by Crippen LogP contribution is -2.41. The lowest BCUT2D eigenvalue weighted by molar-refractivity contribution is -0.173. The second-order valence-corrected chi connectivity index (χ2v) is 6.58. The molecule has 0 spiro atoms. The van der Waals surface area contributed by atoms with Crippen LogP contribution in [0.5, 0.6) is 0 Å². The summed E-state index contributed by atoms with van der Waals surface area (Å²) < 4.78 is 43.4. The van der Waals surface area contributed by atoms with Gasteiger partial charge in [-0.2, -0.15) is 13.2 Å². The predicted molar refractivity (Wildman–Crippen MR) is 115 cm³/mol. The van der Waals surface area contributed by atoms with Crippen molar-refractivity contribution in [2.24, 2.45) is 0 Å². The van der Waals surface area contributed by atoms with E-state index < -0.39 is 11.6 Å². The number of nitrogens with two attached hydrogens (primary N) is 2. The molecule has 0 saturated heterocycles. The van der Waals surface area contributed by atoms with E-state index in [-0.39, 0.29) is 11.1 Å².